The standard InChI is InChI=1S/C14H20N2O2/c1-3-8-15-11-14(17)16-12-6-5-7-13(10-12)18-9-4-2/h3,5-7,10,15H,1,4,8-9,11H2,2H3,(H,16,17). The Balaban J connectivity index is 2.45. The predicted molar refractivity (Wildman–Crippen MR) is 73.9 cm³/mol. The molecule has 98 valence electrons. The van der Waals surface area contributed by atoms with Crippen LogP contribution in [-0.4, -0.2) is 25.6 Å². The van der Waals surface area contributed by atoms with E-state index in [1.165, 1.54) is 0 Å². The van der Waals surface area contributed by atoms with Crippen LogP contribution in [0.2, 0.25) is 0 Å². The van der Waals surface area contributed by atoms with Crippen molar-refractivity contribution in [2.75, 3.05) is 25.0 Å². The summed E-state index contributed by atoms with van der Waals surface area (Å²) in [7, 11) is 0. The Labute approximate surface area is 108 Å². The quantitative estimate of drug-likeness (QED) is 0.547. The Morgan fingerprint density at radius 2 is 2.33 bits per heavy atom. The fraction of sp³-hybridized carbons (Fsp3) is 0.357. The van der Waals surface area contributed by atoms with E-state index in [0.717, 1.165) is 17.9 Å². The molecule has 0 radical (unpaired) electrons. The van der Waals surface area contributed by atoms with Gasteiger partial charge in [0.1, 0.15) is 5.75 Å². The molecule has 0 heterocycles. The van der Waals surface area contributed by atoms with Gasteiger partial charge in [0.25, 0.3) is 0 Å². The number of hydrogen-bond acceptors (Lipinski definition) is 3. The van der Waals surface area contributed by atoms with Crippen molar-refractivity contribution in [3.63, 3.8) is 0 Å². The average molecular weight is 248 g/mol. The summed E-state index contributed by atoms with van der Waals surface area (Å²) in [5.41, 5.74) is 0.744. The first-order valence-corrected chi connectivity index (χ1v) is 6.10. The van der Waals surface area contributed by atoms with Gasteiger partial charge in [0, 0.05) is 18.3 Å². The van der Waals surface area contributed by atoms with E-state index >= 15 is 0 Å². The van der Waals surface area contributed by atoms with Crippen molar-refractivity contribution in [2.24, 2.45) is 0 Å². The van der Waals surface area contributed by atoms with E-state index in [4.69, 9.17) is 4.74 Å². The van der Waals surface area contributed by atoms with E-state index in [1.54, 1.807) is 6.08 Å². The molecule has 0 fully saturated rings. The lowest BCUT2D eigenvalue weighted by Gasteiger charge is -2.08. The van der Waals surface area contributed by atoms with Crippen LogP contribution in [0.25, 0.3) is 0 Å². The zero-order valence-corrected chi connectivity index (χ0v) is 10.7. The van der Waals surface area contributed by atoms with E-state index in [0.29, 0.717) is 13.2 Å². The molecule has 2 N–H and O–H groups in total. The first kappa shape index (κ1) is 14.3. The van der Waals surface area contributed by atoms with E-state index < -0.39 is 0 Å². The molecule has 0 saturated heterocycles. The van der Waals surface area contributed by atoms with Gasteiger partial charge in [-0.15, -0.1) is 6.58 Å². The van der Waals surface area contributed by atoms with E-state index in [-0.39, 0.29) is 12.5 Å². The van der Waals surface area contributed by atoms with Crippen LogP contribution in [0.4, 0.5) is 5.69 Å². The molecular formula is C14H20N2O2. The smallest absolute Gasteiger partial charge is 0.238 e. The molecule has 0 unspecified atom stereocenters. The highest BCUT2D eigenvalue weighted by molar-refractivity contribution is 5.92. The molecule has 1 amide bonds. The first-order valence-electron chi connectivity index (χ1n) is 6.10. The molecule has 0 aliphatic rings. The van der Waals surface area contributed by atoms with Gasteiger partial charge in [-0.2, -0.15) is 0 Å². The molecule has 0 saturated carbocycles. The van der Waals surface area contributed by atoms with Crippen LogP contribution in [0, 0.1) is 0 Å². The minimum Gasteiger partial charge on any atom is -0.494 e. The normalized spacial score (nSPS) is 9.83. The number of amides is 1. The summed E-state index contributed by atoms with van der Waals surface area (Å²) in [6, 6.07) is 7.39. The molecule has 0 aliphatic heterocycles. The van der Waals surface area contributed by atoms with Crippen LogP contribution < -0.4 is 15.4 Å². The highest BCUT2D eigenvalue weighted by Gasteiger charge is 2.02. The fourth-order valence-corrected chi connectivity index (χ4v) is 1.38. The van der Waals surface area contributed by atoms with Gasteiger partial charge < -0.3 is 15.4 Å². The summed E-state index contributed by atoms with van der Waals surface area (Å²) < 4.78 is 5.50. The lowest BCUT2D eigenvalue weighted by molar-refractivity contribution is -0.115. The third kappa shape index (κ3) is 5.50. The second-order valence-corrected chi connectivity index (χ2v) is 3.84. The van der Waals surface area contributed by atoms with Gasteiger partial charge in [-0.05, 0) is 18.6 Å². The van der Waals surface area contributed by atoms with Gasteiger partial charge >= 0.3 is 0 Å². The highest BCUT2D eigenvalue weighted by Crippen LogP contribution is 2.17. The minimum absolute atomic E-state index is 0.0792. The van der Waals surface area contributed by atoms with Crippen LogP contribution in [0.3, 0.4) is 0 Å². The van der Waals surface area contributed by atoms with Gasteiger partial charge in [-0.3, -0.25) is 4.79 Å². The second-order valence-electron chi connectivity index (χ2n) is 3.84. The average Bonchev–Trinajstić information content (AvgIpc) is 2.37. The first-order chi connectivity index (χ1) is 8.76. The van der Waals surface area contributed by atoms with Crippen molar-refractivity contribution in [2.45, 2.75) is 13.3 Å². The van der Waals surface area contributed by atoms with Gasteiger partial charge in [0.2, 0.25) is 5.91 Å². The second kappa shape index (κ2) is 8.31. The number of carbonyl (C=O) groups is 1. The largest absolute Gasteiger partial charge is 0.494 e. The number of rotatable bonds is 8. The molecule has 0 spiro atoms. The molecule has 0 aromatic heterocycles. The Bertz CT molecular complexity index is 391. The summed E-state index contributed by atoms with van der Waals surface area (Å²) in [6.07, 6.45) is 2.68. The summed E-state index contributed by atoms with van der Waals surface area (Å²) in [5, 5.41) is 5.74. The predicted octanol–water partition coefficient (Wildman–Crippen LogP) is 2.19. The zero-order valence-electron chi connectivity index (χ0n) is 10.7. The van der Waals surface area contributed by atoms with Crippen LogP contribution in [0.1, 0.15) is 13.3 Å². The highest BCUT2D eigenvalue weighted by atomic mass is 16.5. The van der Waals surface area contributed by atoms with Crippen molar-refractivity contribution in [1.82, 2.24) is 5.32 Å². The SMILES string of the molecule is C=CCNCC(=O)Nc1cccc(OCCC)c1. The van der Waals surface area contributed by atoms with E-state index in [1.807, 2.05) is 24.3 Å². The Kier molecular flexibility index (Phi) is 6.58. The number of carbonyl (C=O) groups excluding carboxylic acids is 1. The number of nitrogens with one attached hydrogen (secondary N) is 2. The molecule has 4 heteroatoms. The fourth-order valence-electron chi connectivity index (χ4n) is 1.38. The van der Waals surface area contributed by atoms with Crippen LogP contribution in [0.5, 0.6) is 5.75 Å². The zero-order chi connectivity index (χ0) is 13.2. The van der Waals surface area contributed by atoms with Crippen molar-refractivity contribution >= 4 is 11.6 Å². The van der Waals surface area contributed by atoms with Crippen molar-refractivity contribution in [3.8, 4) is 5.75 Å². The third-order valence-electron chi connectivity index (χ3n) is 2.16. The van der Waals surface area contributed by atoms with Crippen LogP contribution >= 0.6 is 0 Å². The maximum Gasteiger partial charge on any atom is 0.238 e. The maximum atomic E-state index is 11.6. The monoisotopic (exact) mass is 248 g/mol. The Morgan fingerprint density at radius 1 is 1.50 bits per heavy atom. The number of hydrogen-bond donors (Lipinski definition) is 2. The summed E-state index contributed by atoms with van der Waals surface area (Å²) in [4.78, 5) is 11.6. The van der Waals surface area contributed by atoms with Crippen molar-refractivity contribution < 1.29 is 9.53 Å². The maximum absolute atomic E-state index is 11.6. The molecule has 4 nitrogen and oxygen atoms in total. The van der Waals surface area contributed by atoms with Gasteiger partial charge in [0.15, 0.2) is 0 Å². The topological polar surface area (TPSA) is 50.4 Å². The van der Waals surface area contributed by atoms with Gasteiger partial charge in [-0.25, -0.2) is 0 Å². The van der Waals surface area contributed by atoms with Gasteiger partial charge in [-0.1, -0.05) is 19.1 Å². The molecule has 0 aliphatic carbocycles. The van der Waals surface area contributed by atoms with Crippen LogP contribution in [-0.2, 0) is 4.79 Å². The third-order valence-corrected chi connectivity index (χ3v) is 2.16. The summed E-state index contributed by atoms with van der Waals surface area (Å²) in [5.74, 6) is 0.693. The lowest BCUT2D eigenvalue weighted by atomic mass is 10.3. The van der Waals surface area contributed by atoms with E-state index in [2.05, 4.69) is 24.1 Å². The lowest BCUT2D eigenvalue weighted by Crippen LogP contribution is -2.28. The van der Waals surface area contributed by atoms with Crippen molar-refractivity contribution in [3.05, 3.63) is 36.9 Å². The number of ether oxygens (including phenoxy) is 1. The minimum atomic E-state index is -0.0792. The molecule has 1 aromatic carbocycles. The molecule has 0 atom stereocenters. The Morgan fingerprint density at radius 3 is 3.06 bits per heavy atom. The molecule has 1 rings (SSSR count). The number of anilines is 1. The Hall–Kier alpha value is -1.81. The van der Waals surface area contributed by atoms with E-state index in [9.17, 15) is 4.79 Å². The molecule has 18 heavy (non-hydrogen) atoms. The van der Waals surface area contributed by atoms with Crippen LogP contribution in [0.15, 0.2) is 36.9 Å². The molecule has 1 aromatic rings. The summed E-state index contributed by atoms with van der Waals surface area (Å²) >= 11 is 0. The van der Waals surface area contributed by atoms with Gasteiger partial charge in [0.05, 0.1) is 13.2 Å². The molecule has 0 bridgehead atoms. The summed E-state index contributed by atoms with van der Waals surface area (Å²) in [6.45, 7) is 7.19. The molecular weight excluding hydrogens is 228 g/mol. The van der Waals surface area contributed by atoms with Crippen molar-refractivity contribution in [1.29, 1.82) is 0 Å². The number of benzene rings is 1.